The second-order valence-electron chi connectivity index (χ2n) is 8.94. The van der Waals surface area contributed by atoms with Crippen LogP contribution >= 0.6 is 11.6 Å². The molecule has 0 radical (unpaired) electrons. The Morgan fingerprint density at radius 2 is 1.98 bits per heavy atom. The largest absolute Gasteiger partial charge is 0.455 e. The highest BCUT2D eigenvalue weighted by atomic mass is 35.5. The van der Waals surface area contributed by atoms with Crippen molar-refractivity contribution in [2.24, 2.45) is 0 Å². The number of alkyl halides is 3. The van der Waals surface area contributed by atoms with Crippen molar-refractivity contribution in [1.29, 1.82) is 0 Å². The third kappa shape index (κ3) is 5.70. The molecule has 0 saturated carbocycles. The maximum atomic E-state index is 14.3. The number of nitrogens with one attached hydrogen (secondary N) is 1. The lowest BCUT2D eigenvalue weighted by molar-refractivity contribution is -0.145. The molecule has 3 aromatic heterocycles. The van der Waals surface area contributed by atoms with E-state index in [-0.39, 0.29) is 46.8 Å². The van der Waals surface area contributed by atoms with Crippen LogP contribution in [0.25, 0.3) is 5.82 Å². The van der Waals surface area contributed by atoms with Gasteiger partial charge in [-0.15, -0.1) is 10.2 Å². The lowest BCUT2D eigenvalue weighted by Gasteiger charge is -2.27. The van der Waals surface area contributed by atoms with E-state index in [0.29, 0.717) is 29.1 Å². The maximum Gasteiger partial charge on any atom is 0.455 e. The van der Waals surface area contributed by atoms with Crippen LogP contribution in [-0.4, -0.2) is 65.9 Å². The Bertz CT molecular complexity index is 1600. The molecular formula is C24H19ClF4N8O3. The fourth-order valence-electron chi connectivity index (χ4n) is 4.01. The van der Waals surface area contributed by atoms with Crippen LogP contribution < -0.4 is 5.32 Å². The van der Waals surface area contributed by atoms with Crippen LogP contribution in [0.1, 0.15) is 43.5 Å². The lowest BCUT2D eigenvalue weighted by atomic mass is 9.95. The first-order chi connectivity index (χ1) is 19.0. The van der Waals surface area contributed by atoms with Gasteiger partial charge in [0.15, 0.2) is 11.6 Å². The molecule has 0 atom stereocenters. The number of benzene rings is 1. The van der Waals surface area contributed by atoms with E-state index in [4.69, 9.17) is 16.3 Å². The Balaban J connectivity index is 1.50. The van der Waals surface area contributed by atoms with Gasteiger partial charge in [-0.05, 0) is 53.6 Å². The van der Waals surface area contributed by atoms with E-state index >= 15 is 0 Å². The van der Waals surface area contributed by atoms with Crippen LogP contribution in [0.2, 0.25) is 5.02 Å². The van der Waals surface area contributed by atoms with Crippen molar-refractivity contribution in [2.45, 2.75) is 32.1 Å². The van der Waals surface area contributed by atoms with E-state index in [1.807, 2.05) is 0 Å². The maximum absolute atomic E-state index is 14.3. The lowest BCUT2D eigenvalue weighted by Crippen LogP contribution is -2.48. The number of pyridine rings is 1. The molecule has 1 fully saturated rings. The summed E-state index contributed by atoms with van der Waals surface area (Å²) < 4.78 is 59.2. The molecule has 0 spiro atoms. The summed E-state index contributed by atoms with van der Waals surface area (Å²) >= 11 is 6.29. The summed E-state index contributed by atoms with van der Waals surface area (Å²) in [6.07, 6.45) is -3.70. The van der Waals surface area contributed by atoms with E-state index in [0.717, 1.165) is 10.7 Å². The Kier molecular flexibility index (Phi) is 7.33. The molecule has 16 heteroatoms. The predicted molar refractivity (Wildman–Crippen MR) is 130 cm³/mol. The number of ether oxygens (including phenoxy) is 1. The molecule has 4 heterocycles. The SMILES string of the molecule is Cc1cc(F)cc(C(=O)NC2COC2)c1CC(=O)c1cc(Cn2nnc(C(F)(F)F)n2)nn1-c1ncccc1Cl. The van der Waals surface area contributed by atoms with Crippen molar-refractivity contribution < 1.29 is 31.9 Å². The summed E-state index contributed by atoms with van der Waals surface area (Å²) in [6, 6.07) is 6.45. The number of nitrogens with zero attached hydrogens (tertiary/aromatic N) is 7. The zero-order valence-corrected chi connectivity index (χ0v) is 21.4. The number of rotatable bonds is 8. The molecule has 4 aromatic rings. The highest BCUT2D eigenvalue weighted by molar-refractivity contribution is 6.32. The number of aromatic nitrogens is 7. The minimum Gasteiger partial charge on any atom is -0.377 e. The summed E-state index contributed by atoms with van der Waals surface area (Å²) in [4.78, 5) is 31.4. The molecule has 1 N–H and O–H groups in total. The van der Waals surface area contributed by atoms with Gasteiger partial charge < -0.3 is 10.1 Å². The number of hydrogen-bond acceptors (Lipinski definition) is 8. The van der Waals surface area contributed by atoms with Crippen LogP contribution in [0.15, 0.2) is 36.5 Å². The highest BCUT2D eigenvalue weighted by Gasteiger charge is 2.37. The standard InChI is InChI=1S/C24H19ClF4N8O3/c1-12-5-13(26)6-17(22(39)31-15-10-40-11-15)16(12)8-20(38)19-7-14(9-36-34-23(32-35-36)24(27,28)29)33-37(19)21-18(25)3-2-4-30-21/h2-7,15H,8-11H2,1H3,(H,31,39). The van der Waals surface area contributed by atoms with E-state index in [9.17, 15) is 27.2 Å². The quantitative estimate of drug-likeness (QED) is 0.250. The van der Waals surface area contributed by atoms with E-state index in [2.05, 4.69) is 30.8 Å². The van der Waals surface area contributed by atoms with Crippen LogP contribution in [0.4, 0.5) is 17.6 Å². The molecule has 1 aliphatic rings. The number of halogens is 5. The van der Waals surface area contributed by atoms with Crippen LogP contribution in [0, 0.1) is 12.7 Å². The Morgan fingerprint density at radius 3 is 2.62 bits per heavy atom. The van der Waals surface area contributed by atoms with Gasteiger partial charge in [-0.2, -0.15) is 23.1 Å². The molecule has 1 amide bonds. The van der Waals surface area contributed by atoms with Gasteiger partial charge in [0, 0.05) is 18.2 Å². The second kappa shape index (κ2) is 10.7. The first-order valence-electron chi connectivity index (χ1n) is 11.7. The zero-order chi connectivity index (χ0) is 28.6. The van der Waals surface area contributed by atoms with Crippen molar-refractivity contribution in [3.8, 4) is 5.82 Å². The van der Waals surface area contributed by atoms with Crippen molar-refractivity contribution in [3.05, 3.63) is 81.3 Å². The third-order valence-corrected chi connectivity index (χ3v) is 6.28. The molecule has 208 valence electrons. The number of aryl methyl sites for hydroxylation is 1. The molecule has 40 heavy (non-hydrogen) atoms. The number of carbonyl (C=O) groups excluding carboxylic acids is 2. The number of Topliss-reactive ketones (excluding diaryl/α,β-unsaturated/α-hetero) is 1. The number of amides is 1. The van der Waals surface area contributed by atoms with Gasteiger partial charge in [0.05, 0.1) is 30.0 Å². The highest BCUT2D eigenvalue weighted by Crippen LogP contribution is 2.26. The molecule has 1 saturated heterocycles. The van der Waals surface area contributed by atoms with E-state index in [1.165, 1.54) is 24.4 Å². The minimum absolute atomic E-state index is 0.00796. The van der Waals surface area contributed by atoms with Gasteiger partial charge >= 0.3 is 6.18 Å². The van der Waals surface area contributed by atoms with Crippen molar-refractivity contribution in [1.82, 2.24) is 40.3 Å². The normalized spacial score (nSPS) is 13.8. The van der Waals surface area contributed by atoms with Gasteiger partial charge in [0.1, 0.15) is 18.1 Å². The monoisotopic (exact) mass is 578 g/mol. The van der Waals surface area contributed by atoms with E-state index in [1.54, 1.807) is 13.0 Å². The van der Waals surface area contributed by atoms with Crippen LogP contribution in [-0.2, 0) is 23.9 Å². The average molecular weight is 579 g/mol. The molecule has 0 unspecified atom stereocenters. The topological polar surface area (TPSA) is 130 Å². The molecular weight excluding hydrogens is 560 g/mol. The molecule has 1 aliphatic heterocycles. The fourth-order valence-corrected chi connectivity index (χ4v) is 4.21. The molecule has 1 aromatic carbocycles. The second-order valence-corrected chi connectivity index (χ2v) is 9.35. The van der Waals surface area contributed by atoms with Gasteiger partial charge in [0.25, 0.3) is 11.7 Å². The van der Waals surface area contributed by atoms with Crippen molar-refractivity contribution in [3.63, 3.8) is 0 Å². The zero-order valence-electron chi connectivity index (χ0n) is 20.6. The molecule has 11 nitrogen and oxygen atoms in total. The summed E-state index contributed by atoms with van der Waals surface area (Å²) in [5.41, 5.74) is 0.728. The number of tetrazole rings is 1. The first-order valence-corrected chi connectivity index (χ1v) is 12.1. The summed E-state index contributed by atoms with van der Waals surface area (Å²) in [6.45, 7) is 1.87. The summed E-state index contributed by atoms with van der Waals surface area (Å²) in [7, 11) is 0. The smallest absolute Gasteiger partial charge is 0.377 e. The first kappa shape index (κ1) is 27.3. The molecule has 0 bridgehead atoms. The van der Waals surface area contributed by atoms with E-state index < -0.39 is 29.5 Å². The van der Waals surface area contributed by atoms with Crippen LogP contribution in [0.5, 0.6) is 0 Å². The predicted octanol–water partition coefficient (Wildman–Crippen LogP) is 2.98. The van der Waals surface area contributed by atoms with Crippen molar-refractivity contribution in [2.75, 3.05) is 13.2 Å². The fraction of sp³-hybridized carbons (Fsp3) is 0.292. The van der Waals surface area contributed by atoms with Crippen molar-refractivity contribution >= 4 is 23.3 Å². The number of ketones is 1. The molecule has 0 aliphatic carbocycles. The number of carbonyl (C=O) groups is 2. The minimum atomic E-state index is -4.79. The van der Waals surface area contributed by atoms with Gasteiger partial charge in [-0.1, -0.05) is 11.6 Å². The van der Waals surface area contributed by atoms with Gasteiger partial charge in [0.2, 0.25) is 0 Å². The molecule has 5 rings (SSSR count). The average Bonchev–Trinajstić information content (AvgIpc) is 3.51. The van der Waals surface area contributed by atoms with Gasteiger partial charge in [-0.3, -0.25) is 9.59 Å². The summed E-state index contributed by atoms with van der Waals surface area (Å²) in [5, 5.41) is 16.9. The third-order valence-electron chi connectivity index (χ3n) is 5.99. The Hall–Kier alpha value is -4.24. The van der Waals surface area contributed by atoms with Gasteiger partial charge in [-0.25, -0.2) is 14.1 Å². The van der Waals surface area contributed by atoms with Crippen LogP contribution in [0.3, 0.4) is 0 Å². The summed E-state index contributed by atoms with van der Waals surface area (Å²) in [5.74, 6) is -3.09. The Labute approximate surface area is 228 Å². The Morgan fingerprint density at radius 1 is 1.20 bits per heavy atom. The number of hydrogen-bond donors (Lipinski definition) is 1.